The summed E-state index contributed by atoms with van der Waals surface area (Å²) < 4.78 is 1.84. The minimum absolute atomic E-state index is 0.101. The Kier molecular flexibility index (Phi) is 4.73. The molecule has 0 atom stereocenters. The third kappa shape index (κ3) is 3.71. The van der Waals surface area contributed by atoms with Crippen molar-refractivity contribution in [1.82, 2.24) is 20.1 Å². The van der Waals surface area contributed by atoms with Crippen molar-refractivity contribution in [3.63, 3.8) is 0 Å². The third-order valence-electron chi connectivity index (χ3n) is 3.46. The Hall–Kier alpha value is -2.77. The van der Waals surface area contributed by atoms with Gasteiger partial charge in [0.1, 0.15) is 5.82 Å². The fraction of sp³-hybridized carbons (Fsp3) is 0.400. The third-order valence-corrected chi connectivity index (χ3v) is 3.46. The molecule has 1 aromatic heterocycles. The number of carbonyl (C=O) groups excluding carboxylic acids is 1. The van der Waals surface area contributed by atoms with Gasteiger partial charge in [-0.2, -0.15) is 0 Å². The van der Waals surface area contributed by atoms with E-state index in [0.717, 1.165) is 5.82 Å². The fourth-order valence-electron chi connectivity index (χ4n) is 2.29. The van der Waals surface area contributed by atoms with Gasteiger partial charge in [0.05, 0.1) is 11.5 Å². The first kappa shape index (κ1) is 16.6. The summed E-state index contributed by atoms with van der Waals surface area (Å²) in [5, 5.41) is 21.7. The number of nitro benzene ring substituents is 1. The zero-order chi connectivity index (χ0) is 17.1. The second kappa shape index (κ2) is 6.55. The largest absolute Gasteiger partial charge is 0.345 e. The van der Waals surface area contributed by atoms with Crippen LogP contribution < -0.4 is 5.32 Å². The average molecular weight is 317 g/mol. The van der Waals surface area contributed by atoms with Gasteiger partial charge in [0, 0.05) is 30.7 Å². The lowest BCUT2D eigenvalue weighted by molar-refractivity contribution is -0.384. The summed E-state index contributed by atoms with van der Waals surface area (Å²) in [6, 6.07) is 4.30. The Morgan fingerprint density at radius 2 is 2.04 bits per heavy atom. The highest BCUT2D eigenvalue weighted by Crippen LogP contribution is 2.17. The molecular formula is C15H19N5O3. The SMILES string of the molecule is Cc1cc(C(=O)NCc2nnc(C(C)C)n2C)cc([N+](=O)[O-])c1. The van der Waals surface area contributed by atoms with Gasteiger partial charge in [0.15, 0.2) is 5.82 Å². The molecule has 1 aromatic carbocycles. The van der Waals surface area contributed by atoms with Crippen LogP contribution in [0, 0.1) is 17.0 Å². The summed E-state index contributed by atoms with van der Waals surface area (Å²) in [5.74, 6) is 1.31. The second-order valence-electron chi connectivity index (χ2n) is 5.69. The molecule has 0 radical (unpaired) electrons. The highest BCUT2D eigenvalue weighted by Gasteiger charge is 2.15. The van der Waals surface area contributed by atoms with Crippen molar-refractivity contribution in [2.24, 2.45) is 7.05 Å². The van der Waals surface area contributed by atoms with E-state index in [0.29, 0.717) is 11.4 Å². The van der Waals surface area contributed by atoms with E-state index in [-0.39, 0.29) is 29.6 Å². The number of hydrogen-bond donors (Lipinski definition) is 1. The number of aryl methyl sites for hydroxylation is 1. The molecule has 0 saturated heterocycles. The van der Waals surface area contributed by atoms with E-state index in [1.165, 1.54) is 12.1 Å². The molecule has 1 heterocycles. The standard InChI is InChI=1S/C15H19N5O3/c1-9(2)14-18-17-13(19(14)4)8-16-15(21)11-5-10(3)6-12(7-11)20(22)23/h5-7,9H,8H2,1-4H3,(H,16,21). The highest BCUT2D eigenvalue weighted by molar-refractivity contribution is 5.94. The lowest BCUT2D eigenvalue weighted by atomic mass is 10.1. The number of hydrogen-bond acceptors (Lipinski definition) is 5. The number of nitro groups is 1. The van der Waals surface area contributed by atoms with Crippen molar-refractivity contribution < 1.29 is 9.72 Å². The molecule has 0 aliphatic heterocycles. The van der Waals surface area contributed by atoms with Gasteiger partial charge in [-0.3, -0.25) is 14.9 Å². The van der Waals surface area contributed by atoms with Crippen LogP contribution in [0.1, 0.15) is 47.3 Å². The van der Waals surface area contributed by atoms with E-state index >= 15 is 0 Å². The van der Waals surface area contributed by atoms with Crippen LogP contribution in [-0.4, -0.2) is 25.6 Å². The molecule has 0 aliphatic carbocycles. The molecule has 2 rings (SSSR count). The van der Waals surface area contributed by atoms with Crippen LogP contribution in [0.2, 0.25) is 0 Å². The quantitative estimate of drug-likeness (QED) is 0.672. The molecule has 8 heteroatoms. The lowest BCUT2D eigenvalue weighted by Crippen LogP contribution is -2.24. The van der Waals surface area contributed by atoms with Crippen LogP contribution >= 0.6 is 0 Å². The van der Waals surface area contributed by atoms with E-state index in [9.17, 15) is 14.9 Å². The van der Waals surface area contributed by atoms with E-state index in [4.69, 9.17) is 0 Å². The topological polar surface area (TPSA) is 103 Å². The number of amides is 1. The van der Waals surface area contributed by atoms with Gasteiger partial charge in [0.2, 0.25) is 0 Å². The molecule has 8 nitrogen and oxygen atoms in total. The molecule has 0 fully saturated rings. The van der Waals surface area contributed by atoms with Crippen LogP contribution in [0.25, 0.3) is 0 Å². The summed E-state index contributed by atoms with van der Waals surface area (Å²) in [6.45, 7) is 5.94. The molecule has 2 aromatic rings. The number of aromatic nitrogens is 3. The van der Waals surface area contributed by atoms with E-state index in [1.807, 2.05) is 25.5 Å². The second-order valence-corrected chi connectivity index (χ2v) is 5.69. The van der Waals surface area contributed by atoms with Gasteiger partial charge in [-0.1, -0.05) is 13.8 Å². The predicted octanol–water partition coefficient (Wildman–Crippen LogP) is 2.09. The Morgan fingerprint density at radius 1 is 1.35 bits per heavy atom. The van der Waals surface area contributed by atoms with Gasteiger partial charge in [-0.05, 0) is 18.6 Å². The number of nitrogens with zero attached hydrogens (tertiary/aromatic N) is 4. The van der Waals surface area contributed by atoms with Crippen molar-refractivity contribution in [3.8, 4) is 0 Å². The maximum Gasteiger partial charge on any atom is 0.270 e. The molecule has 0 saturated carbocycles. The van der Waals surface area contributed by atoms with Crippen LogP contribution in [0.3, 0.4) is 0 Å². The van der Waals surface area contributed by atoms with Crippen LogP contribution in [0.4, 0.5) is 5.69 Å². The molecule has 0 aliphatic rings. The molecule has 23 heavy (non-hydrogen) atoms. The number of nitrogens with one attached hydrogen (secondary N) is 1. The zero-order valence-corrected chi connectivity index (χ0v) is 13.5. The summed E-state index contributed by atoms with van der Waals surface area (Å²) in [6.07, 6.45) is 0. The maximum atomic E-state index is 12.2. The Balaban J connectivity index is 2.13. The first-order valence-corrected chi connectivity index (χ1v) is 7.22. The number of carbonyl (C=O) groups is 1. The Morgan fingerprint density at radius 3 is 2.61 bits per heavy atom. The molecule has 1 N–H and O–H groups in total. The van der Waals surface area contributed by atoms with Crippen molar-refractivity contribution >= 4 is 11.6 Å². The molecule has 122 valence electrons. The van der Waals surface area contributed by atoms with E-state index in [1.54, 1.807) is 13.0 Å². The van der Waals surface area contributed by atoms with Gasteiger partial charge >= 0.3 is 0 Å². The first-order valence-electron chi connectivity index (χ1n) is 7.22. The van der Waals surface area contributed by atoms with Gasteiger partial charge in [-0.15, -0.1) is 10.2 Å². The Bertz CT molecular complexity index is 752. The lowest BCUT2D eigenvalue weighted by Gasteiger charge is -2.08. The van der Waals surface area contributed by atoms with Gasteiger partial charge in [0.25, 0.3) is 11.6 Å². The monoisotopic (exact) mass is 317 g/mol. The minimum atomic E-state index is -0.513. The predicted molar refractivity (Wildman–Crippen MR) is 84.1 cm³/mol. The zero-order valence-electron chi connectivity index (χ0n) is 13.5. The number of non-ortho nitro benzene ring substituents is 1. The first-order chi connectivity index (χ1) is 10.8. The van der Waals surface area contributed by atoms with Crippen molar-refractivity contribution in [1.29, 1.82) is 0 Å². The average Bonchev–Trinajstić information content (AvgIpc) is 2.85. The van der Waals surface area contributed by atoms with Crippen LogP contribution in [0.15, 0.2) is 18.2 Å². The maximum absolute atomic E-state index is 12.2. The molecular weight excluding hydrogens is 298 g/mol. The van der Waals surface area contributed by atoms with Crippen molar-refractivity contribution in [2.75, 3.05) is 0 Å². The molecule has 0 unspecified atom stereocenters. The fourth-order valence-corrected chi connectivity index (χ4v) is 2.29. The Labute approximate surface area is 133 Å². The summed E-state index contributed by atoms with van der Waals surface area (Å²) in [5.41, 5.74) is 0.809. The minimum Gasteiger partial charge on any atom is -0.345 e. The number of benzene rings is 1. The molecule has 0 spiro atoms. The van der Waals surface area contributed by atoms with E-state index < -0.39 is 4.92 Å². The van der Waals surface area contributed by atoms with Gasteiger partial charge < -0.3 is 9.88 Å². The summed E-state index contributed by atoms with van der Waals surface area (Å²) in [7, 11) is 1.84. The van der Waals surface area contributed by atoms with Crippen LogP contribution in [0.5, 0.6) is 0 Å². The molecule has 0 bridgehead atoms. The normalized spacial score (nSPS) is 10.8. The summed E-state index contributed by atoms with van der Waals surface area (Å²) >= 11 is 0. The van der Waals surface area contributed by atoms with Crippen molar-refractivity contribution in [2.45, 2.75) is 33.2 Å². The van der Waals surface area contributed by atoms with Crippen molar-refractivity contribution in [3.05, 3.63) is 51.1 Å². The van der Waals surface area contributed by atoms with Gasteiger partial charge in [-0.25, -0.2) is 0 Å². The molecule has 1 amide bonds. The highest BCUT2D eigenvalue weighted by atomic mass is 16.6. The van der Waals surface area contributed by atoms with Crippen LogP contribution in [-0.2, 0) is 13.6 Å². The summed E-state index contributed by atoms with van der Waals surface area (Å²) in [4.78, 5) is 22.6. The number of rotatable bonds is 5. The smallest absolute Gasteiger partial charge is 0.270 e. The van der Waals surface area contributed by atoms with E-state index in [2.05, 4.69) is 15.5 Å².